The van der Waals surface area contributed by atoms with Gasteiger partial charge in [0, 0.05) is 36.6 Å². The summed E-state index contributed by atoms with van der Waals surface area (Å²) in [5, 5.41) is 10.5. The van der Waals surface area contributed by atoms with Crippen molar-refractivity contribution in [3.8, 4) is 0 Å². The summed E-state index contributed by atoms with van der Waals surface area (Å²) in [7, 11) is -3.48. The van der Waals surface area contributed by atoms with Crippen LogP contribution < -0.4 is 0 Å². The maximum absolute atomic E-state index is 12.7. The standard InChI is InChI=1S/C16H17N5O3S2/c1-11-2-5-15(25-11)26(23,24)21-8-6-20(7-9-21)16(22)12-3-4-13-14(10-12)18-19-17-13/h2-5,10H,6-9H2,1H3,(H,17,18,19). The van der Waals surface area contributed by atoms with Crippen LogP contribution in [0.5, 0.6) is 0 Å². The molecule has 0 radical (unpaired) electrons. The third-order valence-corrected chi connectivity index (χ3v) is 7.77. The van der Waals surface area contributed by atoms with E-state index in [9.17, 15) is 13.2 Å². The van der Waals surface area contributed by atoms with Crippen LogP contribution in [0.4, 0.5) is 0 Å². The molecule has 0 spiro atoms. The van der Waals surface area contributed by atoms with E-state index in [1.165, 1.54) is 15.6 Å². The topological polar surface area (TPSA) is 99.3 Å². The molecule has 0 bridgehead atoms. The summed E-state index contributed by atoms with van der Waals surface area (Å²) in [6.07, 6.45) is 0. The molecule has 0 unspecified atom stereocenters. The molecule has 3 heterocycles. The van der Waals surface area contributed by atoms with E-state index in [-0.39, 0.29) is 19.0 Å². The number of nitrogens with zero attached hydrogens (tertiary/aromatic N) is 4. The van der Waals surface area contributed by atoms with Gasteiger partial charge >= 0.3 is 0 Å². The molecule has 0 atom stereocenters. The van der Waals surface area contributed by atoms with E-state index in [1.807, 2.05) is 6.92 Å². The van der Waals surface area contributed by atoms with Crippen LogP contribution in [0.2, 0.25) is 0 Å². The SMILES string of the molecule is Cc1ccc(S(=O)(=O)N2CCN(C(=O)c3ccc4n[nH]nc4c3)CC2)s1. The first-order valence-electron chi connectivity index (χ1n) is 8.11. The number of aromatic nitrogens is 3. The number of H-pyrrole nitrogens is 1. The Morgan fingerprint density at radius 1 is 1.08 bits per heavy atom. The van der Waals surface area contributed by atoms with Gasteiger partial charge in [-0.3, -0.25) is 4.79 Å². The number of rotatable bonds is 3. The molecule has 3 aromatic rings. The van der Waals surface area contributed by atoms with Gasteiger partial charge < -0.3 is 4.90 Å². The van der Waals surface area contributed by atoms with Crippen LogP contribution in [-0.4, -0.2) is 65.1 Å². The monoisotopic (exact) mass is 391 g/mol. The Morgan fingerprint density at radius 2 is 1.81 bits per heavy atom. The van der Waals surface area contributed by atoms with Crippen molar-refractivity contribution in [1.82, 2.24) is 24.6 Å². The smallest absolute Gasteiger partial charge is 0.254 e. The van der Waals surface area contributed by atoms with Crippen LogP contribution in [0.1, 0.15) is 15.2 Å². The Balaban J connectivity index is 1.46. The lowest BCUT2D eigenvalue weighted by Crippen LogP contribution is -2.50. The van der Waals surface area contributed by atoms with Crippen LogP contribution in [0, 0.1) is 6.92 Å². The van der Waals surface area contributed by atoms with E-state index in [0.29, 0.717) is 33.9 Å². The van der Waals surface area contributed by atoms with Gasteiger partial charge in [0.25, 0.3) is 15.9 Å². The number of nitrogens with one attached hydrogen (secondary N) is 1. The van der Waals surface area contributed by atoms with E-state index < -0.39 is 10.0 Å². The predicted octanol–water partition coefficient (Wildman–Crippen LogP) is 1.47. The fraction of sp³-hybridized carbons (Fsp3) is 0.312. The predicted molar refractivity (Wildman–Crippen MR) is 97.6 cm³/mol. The van der Waals surface area contributed by atoms with E-state index in [2.05, 4.69) is 15.4 Å². The van der Waals surface area contributed by atoms with Crippen molar-refractivity contribution in [2.75, 3.05) is 26.2 Å². The summed E-state index contributed by atoms with van der Waals surface area (Å²) in [4.78, 5) is 15.3. The molecule has 1 amide bonds. The van der Waals surface area contributed by atoms with Gasteiger partial charge in [-0.25, -0.2) is 8.42 Å². The zero-order valence-electron chi connectivity index (χ0n) is 14.0. The first-order valence-corrected chi connectivity index (χ1v) is 10.4. The van der Waals surface area contributed by atoms with Crippen molar-refractivity contribution in [3.05, 3.63) is 40.8 Å². The van der Waals surface area contributed by atoms with Crippen molar-refractivity contribution in [3.63, 3.8) is 0 Å². The van der Waals surface area contributed by atoms with Crippen molar-refractivity contribution < 1.29 is 13.2 Å². The minimum absolute atomic E-state index is 0.126. The highest BCUT2D eigenvalue weighted by Crippen LogP contribution is 2.25. The lowest BCUT2D eigenvalue weighted by atomic mass is 10.1. The van der Waals surface area contributed by atoms with Crippen molar-refractivity contribution in [2.24, 2.45) is 0 Å². The van der Waals surface area contributed by atoms with E-state index in [0.717, 1.165) is 4.88 Å². The molecule has 1 aliphatic heterocycles. The Hall–Kier alpha value is -2.30. The van der Waals surface area contributed by atoms with Crippen molar-refractivity contribution in [2.45, 2.75) is 11.1 Å². The molecule has 4 rings (SSSR count). The normalized spacial score (nSPS) is 16.3. The average Bonchev–Trinajstić information content (AvgIpc) is 3.29. The summed E-state index contributed by atoms with van der Waals surface area (Å²) < 4.78 is 27.2. The molecule has 1 N–H and O–H groups in total. The van der Waals surface area contributed by atoms with Crippen LogP contribution in [0.15, 0.2) is 34.5 Å². The number of benzene rings is 1. The van der Waals surface area contributed by atoms with Crippen LogP contribution in [-0.2, 0) is 10.0 Å². The molecule has 0 saturated carbocycles. The second-order valence-corrected chi connectivity index (χ2v) is 9.54. The van der Waals surface area contributed by atoms with E-state index in [1.54, 1.807) is 35.2 Å². The fourth-order valence-electron chi connectivity index (χ4n) is 2.97. The van der Waals surface area contributed by atoms with Crippen molar-refractivity contribution >= 4 is 38.3 Å². The van der Waals surface area contributed by atoms with Gasteiger partial charge in [0.2, 0.25) is 0 Å². The van der Waals surface area contributed by atoms with Gasteiger partial charge in [-0.15, -0.1) is 11.3 Å². The number of hydrogen-bond acceptors (Lipinski definition) is 6. The molecule has 136 valence electrons. The van der Waals surface area contributed by atoms with Crippen molar-refractivity contribution in [1.29, 1.82) is 0 Å². The number of piperazine rings is 1. The van der Waals surface area contributed by atoms with Gasteiger partial charge in [-0.1, -0.05) is 0 Å². The number of aryl methyl sites for hydroxylation is 1. The molecule has 1 fully saturated rings. The van der Waals surface area contributed by atoms with Crippen LogP contribution >= 0.6 is 11.3 Å². The first kappa shape index (κ1) is 17.1. The zero-order chi connectivity index (χ0) is 18.3. The molecular formula is C16H17N5O3S2. The molecule has 0 aliphatic carbocycles. The molecule has 8 nitrogen and oxygen atoms in total. The van der Waals surface area contributed by atoms with Gasteiger partial charge in [0.05, 0.1) is 0 Å². The number of sulfonamides is 1. The third-order valence-electron chi connectivity index (χ3n) is 4.40. The fourth-order valence-corrected chi connectivity index (χ4v) is 5.83. The Labute approximate surface area is 154 Å². The maximum atomic E-state index is 12.7. The minimum atomic E-state index is -3.48. The summed E-state index contributed by atoms with van der Waals surface area (Å²) in [6.45, 7) is 3.18. The zero-order valence-corrected chi connectivity index (χ0v) is 15.7. The van der Waals surface area contributed by atoms with Crippen LogP contribution in [0.3, 0.4) is 0 Å². The average molecular weight is 391 g/mol. The molecule has 1 aliphatic rings. The third kappa shape index (κ3) is 3.00. The Kier molecular flexibility index (Phi) is 4.25. The summed E-state index contributed by atoms with van der Waals surface area (Å²) >= 11 is 1.27. The summed E-state index contributed by atoms with van der Waals surface area (Å²) in [5.41, 5.74) is 1.85. The lowest BCUT2D eigenvalue weighted by Gasteiger charge is -2.33. The largest absolute Gasteiger partial charge is 0.336 e. The number of carbonyl (C=O) groups excluding carboxylic acids is 1. The van der Waals surface area contributed by atoms with E-state index >= 15 is 0 Å². The number of carbonyl (C=O) groups is 1. The van der Waals surface area contributed by atoms with Gasteiger partial charge in [0.1, 0.15) is 15.2 Å². The molecule has 2 aromatic heterocycles. The number of hydrogen-bond donors (Lipinski definition) is 1. The highest BCUT2D eigenvalue weighted by molar-refractivity contribution is 7.91. The second kappa shape index (κ2) is 6.45. The quantitative estimate of drug-likeness (QED) is 0.729. The molecule has 26 heavy (non-hydrogen) atoms. The van der Waals surface area contributed by atoms with E-state index in [4.69, 9.17) is 0 Å². The second-order valence-electron chi connectivity index (χ2n) is 6.09. The Bertz CT molecular complexity index is 1060. The first-order chi connectivity index (χ1) is 12.4. The highest BCUT2D eigenvalue weighted by atomic mass is 32.2. The highest BCUT2D eigenvalue weighted by Gasteiger charge is 2.31. The lowest BCUT2D eigenvalue weighted by molar-refractivity contribution is 0.0698. The number of thiophene rings is 1. The summed E-state index contributed by atoms with van der Waals surface area (Å²) in [6, 6.07) is 8.59. The van der Waals surface area contributed by atoms with Gasteiger partial charge in [0.15, 0.2) is 0 Å². The number of aromatic amines is 1. The van der Waals surface area contributed by atoms with Crippen LogP contribution in [0.25, 0.3) is 11.0 Å². The number of fused-ring (bicyclic) bond motifs is 1. The molecule has 1 aromatic carbocycles. The summed E-state index contributed by atoms with van der Waals surface area (Å²) in [5.74, 6) is -0.126. The molecule has 1 saturated heterocycles. The molecular weight excluding hydrogens is 374 g/mol. The molecule has 10 heteroatoms. The minimum Gasteiger partial charge on any atom is -0.336 e. The maximum Gasteiger partial charge on any atom is 0.254 e. The van der Waals surface area contributed by atoms with Gasteiger partial charge in [-0.2, -0.15) is 19.7 Å². The Morgan fingerprint density at radius 3 is 2.50 bits per heavy atom. The van der Waals surface area contributed by atoms with Gasteiger partial charge in [-0.05, 0) is 37.3 Å². The number of amides is 1.